The minimum absolute atomic E-state index is 0.0876. The number of thiazole rings is 1. The zero-order valence-electron chi connectivity index (χ0n) is 8.88. The highest BCUT2D eigenvalue weighted by Crippen LogP contribution is 2.28. The molecule has 1 aromatic heterocycles. The zero-order chi connectivity index (χ0) is 12.4. The fourth-order valence-electron chi connectivity index (χ4n) is 1.22. The minimum atomic E-state index is -0.717. The molecule has 0 unspecified atom stereocenters. The van der Waals surface area contributed by atoms with Crippen LogP contribution in [0.5, 0.6) is 0 Å². The largest absolute Gasteiger partial charge is 0.273 e. The molecule has 0 aliphatic heterocycles. The first-order chi connectivity index (χ1) is 8.10. The number of amides is 1. The molecule has 0 saturated carbocycles. The SMILES string of the molecule is CCC(=O)NNc1nc2c(F)cc(F)cc2s1. The summed E-state index contributed by atoms with van der Waals surface area (Å²) in [4.78, 5) is 14.9. The molecule has 0 saturated heterocycles. The Balaban J connectivity index is 2.26. The maximum atomic E-state index is 13.3. The highest BCUT2D eigenvalue weighted by Gasteiger charge is 2.10. The number of nitrogens with zero attached hydrogens (tertiary/aromatic N) is 1. The van der Waals surface area contributed by atoms with E-state index in [4.69, 9.17) is 0 Å². The van der Waals surface area contributed by atoms with Crippen LogP contribution >= 0.6 is 11.3 Å². The van der Waals surface area contributed by atoms with Crippen LogP contribution in [0, 0.1) is 11.6 Å². The van der Waals surface area contributed by atoms with Gasteiger partial charge in [-0.15, -0.1) is 0 Å². The van der Waals surface area contributed by atoms with Gasteiger partial charge in [0.2, 0.25) is 11.0 Å². The Kier molecular flexibility index (Phi) is 3.19. The predicted molar refractivity (Wildman–Crippen MR) is 61.6 cm³/mol. The number of carbonyl (C=O) groups excluding carboxylic acids is 1. The second-order valence-corrected chi connectivity index (χ2v) is 4.31. The number of benzene rings is 1. The summed E-state index contributed by atoms with van der Waals surface area (Å²) >= 11 is 1.06. The lowest BCUT2D eigenvalue weighted by Gasteiger charge is -2.01. The third kappa shape index (κ3) is 2.50. The van der Waals surface area contributed by atoms with Crippen LogP contribution in [0.3, 0.4) is 0 Å². The van der Waals surface area contributed by atoms with Gasteiger partial charge >= 0.3 is 0 Å². The number of fused-ring (bicyclic) bond motifs is 1. The molecular weight excluding hydrogens is 248 g/mol. The first-order valence-electron chi connectivity index (χ1n) is 4.90. The molecule has 2 rings (SSSR count). The quantitative estimate of drug-likeness (QED) is 0.830. The first kappa shape index (κ1) is 11.7. The summed E-state index contributed by atoms with van der Waals surface area (Å²) in [7, 11) is 0. The van der Waals surface area contributed by atoms with Crippen molar-refractivity contribution >= 4 is 32.6 Å². The monoisotopic (exact) mass is 257 g/mol. The van der Waals surface area contributed by atoms with Crippen molar-refractivity contribution in [2.24, 2.45) is 0 Å². The summed E-state index contributed by atoms with van der Waals surface area (Å²) in [5, 5.41) is 0.311. The Labute approximate surface area is 99.6 Å². The van der Waals surface area contributed by atoms with Crippen molar-refractivity contribution in [2.45, 2.75) is 13.3 Å². The van der Waals surface area contributed by atoms with E-state index in [1.54, 1.807) is 6.92 Å². The third-order valence-corrected chi connectivity index (χ3v) is 2.96. The van der Waals surface area contributed by atoms with Crippen LogP contribution in [0.25, 0.3) is 10.2 Å². The Hall–Kier alpha value is -1.76. The van der Waals surface area contributed by atoms with Gasteiger partial charge in [0, 0.05) is 12.5 Å². The predicted octanol–water partition coefficient (Wildman–Crippen LogP) is 2.43. The number of halogens is 2. The maximum absolute atomic E-state index is 13.3. The lowest BCUT2D eigenvalue weighted by Crippen LogP contribution is -2.28. The molecule has 1 amide bonds. The van der Waals surface area contributed by atoms with Crippen LogP contribution < -0.4 is 10.9 Å². The Morgan fingerprint density at radius 1 is 1.47 bits per heavy atom. The van der Waals surface area contributed by atoms with Gasteiger partial charge in [-0.2, -0.15) is 0 Å². The molecule has 0 aliphatic carbocycles. The van der Waals surface area contributed by atoms with Gasteiger partial charge in [-0.1, -0.05) is 18.3 Å². The van der Waals surface area contributed by atoms with Crippen molar-refractivity contribution in [3.8, 4) is 0 Å². The standard InChI is InChI=1S/C10H9F2N3OS/c1-2-8(16)14-15-10-13-9-6(12)3-5(11)4-7(9)17-10/h3-4H,2H2,1H3,(H,13,15)(H,14,16). The zero-order valence-corrected chi connectivity index (χ0v) is 9.70. The summed E-state index contributed by atoms with van der Waals surface area (Å²) in [5.74, 6) is -1.58. The van der Waals surface area contributed by atoms with Crippen LogP contribution in [-0.2, 0) is 4.79 Å². The summed E-state index contributed by atoms with van der Waals surface area (Å²) in [6.07, 6.45) is 0.320. The van der Waals surface area contributed by atoms with Gasteiger partial charge in [0.1, 0.15) is 11.3 Å². The van der Waals surface area contributed by atoms with Crippen LogP contribution in [-0.4, -0.2) is 10.9 Å². The van der Waals surface area contributed by atoms with Crippen molar-refractivity contribution in [2.75, 3.05) is 5.43 Å². The number of aromatic nitrogens is 1. The molecule has 1 aromatic carbocycles. The average Bonchev–Trinajstić information content (AvgIpc) is 2.69. The van der Waals surface area contributed by atoms with E-state index in [2.05, 4.69) is 15.8 Å². The highest BCUT2D eigenvalue weighted by molar-refractivity contribution is 7.22. The number of anilines is 1. The van der Waals surface area contributed by atoms with Crippen LogP contribution in [0.2, 0.25) is 0 Å². The fourth-order valence-corrected chi connectivity index (χ4v) is 2.08. The summed E-state index contributed by atoms with van der Waals surface area (Å²) in [6, 6.07) is 1.97. The molecule has 0 aliphatic rings. The average molecular weight is 257 g/mol. The van der Waals surface area contributed by atoms with E-state index in [1.807, 2.05) is 0 Å². The normalized spacial score (nSPS) is 10.5. The molecule has 0 fully saturated rings. The van der Waals surface area contributed by atoms with Crippen LogP contribution in [0.4, 0.5) is 13.9 Å². The van der Waals surface area contributed by atoms with Gasteiger partial charge in [-0.3, -0.25) is 15.6 Å². The number of nitrogens with one attached hydrogen (secondary N) is 2. The molecular formula is C10H9F2N3OS. The van der Waals surface area contributed by atoms with E-state index >= 15 is 0 Å². The van der Waals surface area contributed by atoms with Gasteiger partial charge in [0.25, 0.3) is 0 Å². The minimum Gasteiger partial charge on any atom is -0.273 e. The fraction of sp³-hybridized carbons (Fsp3) is 0.200. The van der Waals surface area contributed by atoms with E-state index in [0.717, 1.165) is 17.4 Å². The maximum Gasteiger partial charge on any atom is 0.238 e. The van der Waals surface area contributed by atoms with E-state index < -0.39 is 11.6 Å². The van der Waals surface area contributed by atoms with Gasteiger partial charge in [0.05, 0.1) is 4.70 Å². The molecule has 2 aromatic rings. The van der Waals surface area contributed by atoms with Crippen LogP contribution in [0.15, 0.2) is 12.1 Å². The second-order valence-electron chi connectivity index (χ2n) is 3.28. The second kappa shape index (κ2) is 4.62. The summed E-state index contributed by atoms with van der Waals surface area (Å²) in [5.41, 5.74) is 5.02. The van der Waals surface area contributed by atoms with E-state index in [1.165, 1.54) is 6.07 Å². The lowest BCUT2D eigenvalue weighted by atomic mass is 10.3. The van der Waals surface area contributed by atoms with E-state index in [9.17, 15) is 13.6 Å². The van der Waals surface area contributed by atoms with E-state index in [-0.39, 0.29) is 11.4 Å². The molecule has 90 valence electrons. The molecule has 1 heterocycles. The lowest BCUT2D eigenvalue weighted by molar-refractivity contribution is -0.120. The number of hydrogen-bond donors (Lipinski definition) is 2. The van der Waals surface area contributed by atoms with Gasteiger partial charge in [-0.05, 0) is 6.07 Å². The van der Waals surface area contributed by atoms with Crippen molar-refractivity contribution in [3.63, 3.8) is 0 Å². The molecule has 0 radical (unpaired) electrons. The summed E-state index contributed by atoms with van der Waals surface area (Å²) in [6.45, 7) is 1.70. The molecule has 0 atom stereocenters. The number of carbonyl (C=O) groups is 1. The topological polar surface area (TPSA) is 54.0 Å². The van der Waals surface area contributed by atoms with Gasteiger partial charge in [0.15, 0.2) is 5.82 Å². The van der Waals surface area contributed by atoms with Crippen molar-refractivity contribution in [1.29, 1.82) is 0 Å². The van der Waals surface area contributed by atoms with Gasteiger partial charge < -0.3 is 0 Å². The van der Waals surface area contributed by atoms with Crippen molar-refractivity contribution in [1.82, 2.24) is 10.4 Å². The molecule has 0 bridgehead atoms. The highest BCUT2D eigenvalue weighted by atomic mass is 32.1. The Bertz CT molecular complexity index is 570. The molecule has 2 N–H and O–H groups in total. The molecule has 17 heavy (non-hydrogen) atoms. The van der Waals surface area contributed by atoms with Crippen molar-refractivity contribution < 1.29 is 13.6 Å². The molecule has 4 nitrogen and oxygen atoms in total. The number of rotatable bonds is 3. The Morgan fingerprint density at radius 3 is 2.94 bits per heavy atom. The molecule has 7 heteroatoms. The first-order valence-corrected chi connectivity index (χ1v) is 5.72. The Morgan fingerprint density at radius 2 is 2.24 bits per heavy atom. The smallest absolute Gasteiger partial charge is 0.238 e. The van der Waals surface area contributed by atoms with Crippen molar-refractivity contribution in [3.05, 3.63) is 23.8 Å². The number of hydrazine groups is 1. The molecule has 0 spiro atoms. The van der Waals surface area contributed by atoms with E-state index in [0.29, 0.717) is 16.3 Å². The number of hydrogen-bond acceptors (Lipinski definition) is 4. The van der Waals surface area contributed by atoms with Crippen LogP contribution in [0.1, 0.15) is 13.3 Å². The van der Waals surface area contributed by atoms with Gasteiger partial charge in [-0.25, -0.2) is 13.8 Å². The summed E-state index contributed by atoms with van der Waals surface area (Å²) < 4.78 is 26.6. The third-order valence-electron chi connectivity index (χ3n) is 2.04.